The van der Waals surface area contributed by atoms with E-state index in [-0.39, 0.29) is 35.7 Å². The molecule has 0 aliphatic carbocycles. The molecule has 0 aliphatic heterocycles. The van der Waals surface area contributed by atoms with Crippen molar-refractivity contribution in [3.63, 3.8) is 0 Å². The summed E-state index contributed by atoms with van der Waals surface area (Å²) in [4.78, 5) is 33.2. The van der Waals surface area contributed by atoms with Crippen LogP contribution in [0.3, 0.4) is 0 Å². The fourth-order valence-electron chi connectivity index (χ4n) is 3.29. The molecule has 0 spiro atoms. The summed E-state index contributed by atoms with van der Waals surface area (Å²) in [5.74, 6) is -0.837. The van der Waals surface area contributed by atoms with E-state index in [1.807, 2.05) is 75.4 Å². The fourth-order valence-corrected chi connectivity index (χ4v) is 3.29. The monoisotopic (exact) mass is 462 g/mol. The molecule has 2 amide bonds. The molecular weight excluding hydrogens is 432 g/mol. The lowest BCUT2D eigenvalue weighted by atomic mass is 10.0. The van der Waals surface area contributed by atoms with Crippen molar-refractivity contribution in [2.45, 2.75) is 39.8 Å². The van der Waals surface area contributed by atoms with Gasteiger partial charge in [0.1, 0.15) is 18.2 Å². The first kappa shape index (κ1) is 24.5. The Bertz CT molecular complexity index is 1130. The number of aryl methyl sites for hydroxylation is 1. The third-order valence-electron chi connectivity index (χ3n) is 5.01. The number of hydrogen-bond donors (Lipinski definition) is 4. The zero-order chi connectivity index (χ0) is 24.7. The Morgan fingerprint density at radius 2 is 1.68 bits per heavy atom. The average molecular weight is 463 g/mol. The SMILES string of the molecule is Cc1ccc(Nc2nc(NC(CC(C)C)C(N)=O)nc(OCc3ccccc3)c2C(N)=O)cc1. The van der Waals surface area contributed by atoms with E-state index in [1.165, 1.54) is 0 Å². The van der Waals surface area contributed by atoms with Crippen molar-refractivity contribution in [3.05, 3.63) is 71.3 Å². The standard InChI is InChI=1S/C25H30N6O3/c1-15(2)13-19(21(26)32)29-25-30-23(28-18-11-9-16(3)10-12-18)20(22(27)33)24(31-25)34-14-17-7-5-4-6-8-17/h4-12,15,19H,13-14H2,1-3H3,(H2,26,32)(H2,27,33)(H2,28,29,30,31). The molecule has 0 bridgehead atoms. The Morgan fingerprint density at radius 1 is 1.00 bits per heavy atom. The Labute approximate surface area is 198 Å². The first-order valence-electron chi connectivity index (χ1n) is 11.0. The van der Waals surface area contributed by atoms with Gasteiger partial charge in [-0.15, -0.1) is 0 Å². The molecule has 3 aromatic rings. The molecule has 1 unspecified atom stereocenters. The van der Waals surface area contributed by atoms with Gasteiger partial charge in [0.2, 0.25) is 17.7 Å². The number of ether oxygens (including phenoxy) is 1. The molecule has 0 radical (unpaired) electrons. The lowest BCUT2D eigenvalue weighted by Crippen LogP contribution is -2.37. The van der Waals surface area contributed by atoms with Crippen LogP contribution in [0.1, 0.15) is 41.8 Å². The predicted octanol–water partition coefficient (Wildman–Crippen LogP) is 3.52. The van der Waals surface area contributed by atoms with Crippen molar-refractivity contribution in [1.82, 2.24) is 9.97 Å². The Balaban J connectivity index is 2.02. The summed E-state index contributed by atoms with van der Waals surface area (Å²) in [6.07, 6.45) is 0.483. The molecule has 9 nitrogen and oxygen atoms in total. The van der Waals surface area contributed by atoms with Crippen LogP contribution in [0.15, 0.2) is 54.6 Å². The van der Waals surface area contributed by atoms with Crippen molar-refractivity contribution in [2.24, 2.45) is 17.4 Å². The van der Waals surface area contributed by atoms with Crippen molar-refractivity contribution >= 4 is 29.3 Å². The van der Waals surface area contributed by atoms with E-state index < -0.39 is 17.9 Å². The number of carbonyl (C=O) groups excluding carboxylic acids is 2. The number of carbonyl (C=O) groups is 2. The lowest BCUT2D eigenvalue weighted by Gasteiger charge is -2.20. The van der Waals surface area contributed by atoms with Gasteiger partial charge in [0, 0.05) is 5.69 Å². The molecule has 2 aromatic carbocycles. The minimum absolute atomic E-state index is 0.00143. The molecule has 0 saturated carbocycles. The molecule has 1 atom stereocenters. The van der Waals surface area contributed by atoms with Gasteiger partial charge in [-0.25, -0.2) is 0 Å². The van der Waals surface area contributed by atoms with E-state index in [1.54, 1.807) is 0 Å². The van der Waals surface area contributed by atoms with Gasteiger partial charge < -0.3 is 26.8 Å². The second-order valence-corrected chi connectivity index (χ2v) is 8.43. The quantitative estimate of drug-likeness (QED) is 0.341. The van der Waals surface area contributed by atoms with Crippen LogP contribution in [0.4, 0.5) is 17.5 Å². The highest BCUT2D eigenvalue weighted by Crippen LogP contribution is 2.29. The topological polar surface area (TPSA) is 145 Å². The van der Waals surface area contributed by atoms with Crippen molar-refractivity contribution in [2.75, 3.05) is 10.6 Å². The molecule has 0 fully saturated rings. The van der Waals surface area contributed by atoms with Crippen LogP contribution in [-0.4, -0.2) is 27.8 Å². The van der Waals surface area contributed by atoms with Gasteiger partial charge in [-0.3, -0.25) is 9.59 Å². The van der Waals surface area contributed by atoms with Crippen LogP contribution in [0.5, 0.6) is 5.88 Å². The second-order valence-electron chi connectivity index (χ2n) is 8.43. The number of nitrogens with one attached hydrogen (secondary N) is 2. The number of aromatic nitrogens is 2. The van der Waals surface area contributed by atoms with Crippen LogP contribution in [-0.2, 0) is 11.4 Å². The van der Waals surface area contributed by atoms with Crippen molar-refractivity contribution < 1.29 is 14.3 Å². The predicted molar refractivity (Wildman–Crippen MR) is 132 cm³/mol. The van der Waals surface area contributed by atoms with Gasteiger partial charge in [-0.2, -0.15) is 9.97 Å². The van der Waals surface area contributed by atoms with Crippen LogP contribution < -0.4 is 26.8 Å². The Morgan fingerprint density at radius 3 is 2.26 bits per heavy atom. The zero-order valence-corrected chi connectivity index (χ0v) is 19.5. The average Bonchev–Trinajstić information content (AvgIpc) is 2.78. The van der Waals surface area contributed by atoms with Crippen LogP contribution in [0.25, 0.3) is 0 Å². The molecule has 0 saturated heterocycles. The highest BCUT2D eigenvalue weighted by molar-refractivity contribution is 6.00. The summed E-state index contributed by atoms with van der Waals surface area (Å²) in [6.45, 7) is 6.09. The van der Waals surface area contributed by atoms with E-state index >= 15 is 0 Å². The molecule has 6 N–H and O–H groups in total. The van der Waals surface area contributed by atoms with E-state index in [2.05, 4.69) is 20.6 Å². The molecule has 3 rings (SSSR count). The summed E-state index contributed by atoms with van der Waals surface area (Å²) in [7, 11) is 0. The third-order valence-corrected chi connectivity index (χ3v) is 5.01. The summed E-state index contributed by atoms with van der Waals surface area (Å²) in [5.41, 5.74) is 13.9. The first-order valence-corrected chi connectivity index (χ1v) is 11.0. The van der Waals surface area contributed by atoms with E-state index in [9.17, 15) is 9.59 Å². The maximum Gasteiger partial charge on any atom is 0.258 e. The number of anilines is 3. The third kappa shape index (κ3) is 6.68. The highest BCUT2D eigenvalue weighted by Gasteiger charge is 2.24. The zero-order valence-electron chi connectivity index (χ0n) is 19.5. The van der Waals surface area contributed by atoms with E-state index in [4.69, 9.17) is 16.2 Å². The van der Waals surface area contributed by atoms with Crippen LogP contribution in [0.2, 0.25) is 0 Å². The van der Waals surface area contributed by atoms with E-state index in [0.29, 0.717) is 12.1 Å². The molecule has 178 valence electrons. The molecule has 9 heteroatoms. The molecule has 1 heterocycles. The highest BCUT2D eigenvalue weighted by atomic mass is 16.5. The Hall–Kier alpha value is -4.14. The van der Waals surface area contributed by atoms with Gasteiger partial charge in [0.05, 0.1) is 0 Å². The lowest BCUT2D eigenvalue weighted by molar-refractivity contribution is -0.119. The smallest absolute Gasteiger partial charge is 0.258 e. The number of benzene rings is 2. The summed E-state index contributed by atoms with van der Waals surface area (Å²) in [5, 5.41) is 6.10. The van der Waals surface area contributed by atoms with Gasteiger partial charge in [-0.05, 0) is 37.0 Å². The number of nitrogens with zero attached hydrogens (tertiary/aromatic N) is 2. The van der Waals surface area contributed by atoms with Gasteiger partial charge in [-0.1, -0.05) is 61.9 Å². The number of amides is 2. The molecule has 1 aromatic heterocycles. The van der Waals surface area contributed by atoms with Crippen LogP contribution in [0, 0.1) is 12.8 Å². The van der Waals surface area contributed by atoms with Crippen LogP contribution >= 0.6 is 0 Å². The number of rotatable bonds is 11. The first-order chi connectivity index (χ1) is 16.2. The Kier molecular flexibility index (Phi) is 8.02. The second kappa shape index (κ2) is 11.1. The minimum Gasteiger partial charge on any atom is -0.472 e. The van der Waals surface area contributed by atoms with Gasteiger partial charge >= 0.3 is 0 Å². The fraction of sp³-hybridized carbons (Fsp3) is 0.280. The summed E-state index contributed by atoms with van der Waals surface area (Å²) < 4.78 is 5.90. The summed E-state index contributed by atoms with van der Waals surface area (Å²) in [6, 6.07) is 16.3. The minimum atomic E-state index is -0.752. The molecule has 34 heavy (non-hydrogen) atoms. The largest absolute Gasteiger partial charge is 0.472 e. The van der Waals surface area contributed by atoms with Crippen molar-refractivity contribution in [1.29, 1.82) is 0 Å². The number of nitrogens with two attached hydrogens (primary N) is 2. The maximum atomic E-state index is 12.4. The van der Waals surface area contributed by atoms with Gasteiger partial charge in [0.25, 0.3) is 5.91 Å². The maximum absolute atomic E-state index is 12.4. The molecular formula is C25H30N6O3. The van der Waals surface area contributed by atoms with Gasteiger partial charge in [0.15, 0.2) is 5.82 Å². The normalized spacial score (nSPS) is 11.6. The summed E-state index contributed by atoms with van der Waals surface area (Å²) >= 11 is 0. The number of hydrogen-bond acceptors (Lipinski definition) is 7. The van der Waals surface area contributed by atoms with E-state index in [0.717, 1.165) is 11.1 Å². The van der Waals surface area contributed by atoms with Crippen molar-refractivity contribution in [3.8, 4) is 5.88 Å². The number of primary amides is 2. The molecule has 0 aliphatic rings.